The summed E-state index contributed by atoms with van der Waals surface area (Å²) < 4.78 is 0.864. The number of nitrogens with zero attached hydrogens (tertiary/aromatic N) is 1. The molecule has 0 unspecified atom stereocenters. The van der Waals surface area contributed by atoms with Gasteiger partial charge in [-0.2, -0.15) is 4.98 Å². The molecule has 3 aromatic rings. The average molecular weight is 489 g/mol. The number of rotatable bonds is 4. The average Bonchev–Trinajstić information content (AvgIpc) is 2.68. The number of amides is 2. The summed E-state index contributed by atoms with van der Waals surface area (Å²) in [6.45, 7) is 0. The smallest absolute Gasteiger partial charge is 0.258 e. The number of hydrogen-bond acceptors (Lipinski definition) is 5. The van der Waals surface area contributed by atoms with Gasteiger partial charge in [-0.05, 0) is 42.5 Å². The Morgan fingerprint density at radius 3 is 2.63 bits per heavy atom. The predicted octanol–water partition coefficient (Wildman–Crippen LogP) is 3.99. The summed E-state index contributed by atoms with van der Waals surface area (Å²) in [4.78, 5) is 44.6. The summed E-state index contributed by atoms with van der Waals surface area (Å²) in [7, 11) is 0. The van der Waals surface area contributed by atoms with Crippen LogP contribution in [-0.2, 0) is 9.59 Å². The van der Waals surface area contributed by atoms with E-state index in [0.29, 0.717) is 16.4 Å². The fraction of sp³-hybridized carbons (Fsp3) is 0.100. The fourth-order valence-electron chi connectivity index (χ4n) is 3.12. The van der Waals surface area contributed by atoms with Crippen molar-refractivity contribution in [2.45, 2.75) is 12.3 Å². The Hall–Kier alpha value is -3.17. The number of anilines is 4. The van der Waals surface area contributed by atoms with E-state index < -0.39 is 23.3 Å². The monoisotopic (exact) mass is 487 g/mol. The van der Waals surface area contributed by atoms with Crippen LogP contribution < -0.4 is 21.5 Å². The molecule has 30 heavy (non-hydrogen) atoms. The summed E-state index contributed by atoms with van der Waals surface area (Å²) >= 11 is 9.30. The van der Waals surface area contributed by atoms with E-state index in [0.717, 1.165) is 4.47 Å². The zero-order chi connectivity index (χ0) is 21.3. The van der Waals surface area contributed by atoms with Crippen LogP contribution in [0.2, 0.25) is 5.02 Å². The topological polar surface area (TPSA) is 116 Å². The Bertz CT molecular complexity index is 1200. The fourth-order valence-corrected chi connectivity index (χ4v) is 3.57. The van der Waals surface area contributed by atoms with Crippen LogP contribution >= 0.6 is 27.5 Å². The molecule has 0 radical (unpaired) electrons. The summed E-state index contributed by atoms with van der Waals surface area (Å²) in [6, 6.07) is 13.8. The van der Waals surface area contributed by atoms with Crippen molar-refractivity contribution >= 4 is 62.5 Å². The largest absolute Gasteiger partial charge is 0.326 e. The number of aromatic amines is 1. The third-order valence-corrected chi connectivity index (χ3v) is 5.23. The molecule has 0 spiro atoms. The number of nitrogens with one attached hydrogen (secondary N) is 4. The molecular formula is C20H15BrClN5O3. The molecule has 2 amide bonds. The third kappa shape index (κ3) is 4.37. The summed E-state index contributed by atoms with van der Waals surface area (Å²) in [6.07, 6.45) is -0.152. The lowest BCUT2D eigenvalue weighted by atomic mass is 9.92. The molecular weight excluding hydrogens is 474 g/mol. The van der Waals surface area contributed by atoms with E-state index in [4.69, 9.17) is 11.6 Å². The molecule has 1 atom stereocenters. The van der Waals surface area contributed by atoms with E-state index >= 15 is 0 Å². The maximum Gasteiger partial charge on any atom is 0.258 e. The number of carbonyl (C=O) groups excluding carboxylic acids is 2. The van der Waals surface area contributed by atoms with Crippen LogP contribution in [-0.4, -0.2) is 21.8 Å². The minimum Gasteiger partial charge on any atom is -0.326 e. The Morgan fingerprint density at radius 1 is 1.13 bits per heavy atom. The van der Waals surface area contributed by atoms with Crippen molar-refractivity contribution in [2.24, 2.45) is 0 Å². The van der Waals surface area contributed by atoms with Gasteiger partial charge in [0.25, 0.3) is 5.56 Å². The Labute approximate surface area is 184 Å². The van der Waals surface area contributed by atoms with Gasteiger partial charge in [-0.3, -0.25) is 19.4 Å². The van der Waals surface area contributed by atoms with Gasteiger partial charge in [-0.1, -0.05) is 33.6 Å². The molecule has 0 saturated carbocycles. The highest BCUT2D eigenvalue weighted by Crippen LogP contribution is 2.30. The molecule has 2 heterocycles. The van der Waals surface area contributed by atoms with Crippen molar-refractivity contribution < 1.29 is 9.59 Å². The van der Waals surface area contributed by atoms with Crippen LogP contribution in [0.25, 0.3) is 0 Å². The van der Waals surface area contributed by atoms with Gasteiger partial charge in [-0.25, -0.2) is 0 Å². The molecule has 4 N–H and O–H groups in total. The van der Waals surface area contributed by atoms with Crippen LogP contribution in [0.15, 0.2) is 57.8 Å². The van der Waals surface area contributed by atoms with Crippen molar-refractivity contribution in [1.29, 1.82) is 0 Å². The Balaban J connectivity index is 1.63. The molecule has 4 rings (SSSR count). The van der Waals surface area contributed by atoms with Gasteiger partial charge >= 0.3 is 0 Å². The first-order valence-corrected chi connectivity index (χ1v) is 10.1. The quantitative estimate of drug-likeness (QED) is 0.443. The normalized spacial score (nSPS) is 15.1. The van der Waals surface area contributed by atoms with Crippen LogP contribution in [0, 0.1) is 0 Å². The zero-order valence-corrected chi connectivity index (χ0v) is 17.7. The maximum atomic E-state index is 12.8. The Kier molecular flexibility index (Phi) is 5.56. The highest BCUT2D eigenvalue weighted by Gasteiger charge is 2.34. The lowest BCUT2D eigenvalue weighted by Gasteiger charge is -2.23. The minimum absolute atomic E-state index is 0.0514. The first-order chi connectivity index (χ1) is 14.4. The van der Waals surface area contributed by atoms with Gasteiger partial charge in [0.2, 0.25) is 17.8 Å². The molecule has 1 aliphatic rings. The second kappa shape index (κ2) is 8.29. The number of aromatic nitrogens is 2. The van der Waals surface area contributed by atoms with Gasteiger partial charge in [0, 0.05) is 27.3 Å². The zero-order valence-electron chi connectivity index (χ0n) is 15.3. The molecule has 8 nitrogen and oxygen atoms in total. The molecule has 10 heteroatoms. The standard InChI is InChI=1S/C20H15BrClN5O3/c21-10-4-6-12(7-5-10)23-18(29)14-9-15(28)25-17-16(14)19(30)27-20(26-17)24-13-3-1-2-11(22)8-13/h1-8,14H,9H2,(H,23,29)(H3,24,25,26,27,28,30)/t14-/m1/s1. The Morgan fingerprint density at radius 2 is 1.90 bits per heavy atom. The van der Waals surface area contributed by atoms with Gasteiger partial charge in [0.15, 0.2) is 0 Å². The SMILES string of the molecule is O=C1C[C@@H](C(=O)Nc2ccc(Br)cc2)c2c(nc(Nc3cccc(Cl)c3)[nH]c2=O)N1. The van der Waals surface area contributed by atoms with E-state index in [9.17, 15) is 14.4 Å². The van der Waals surface area contributed by atoms with Crippen LogP contribution in [0.3, 0.4) is 0 Å². The van der Waals surface area contributed by atoms with Crippen molar-refractivity contribution in [3.05, 3.63) is 73.9 Å². The highest BCUT2D eigenvalue weighted by molar-refractivity contribution is 9.10. The second-order valence-corrected chi connectivity index (χ2v) is 7.97. The molecule has 0 bridgehead atoms. The number of hydrogen-bond donors (Lipinski definition) is 4. The second-order valence-electron chi connectivity index (χ2n) is 6.61. The molecule has 0 fully saturated rings. The number of fused-ring (bicyclic) bond motifs is 1. The maximum absolute atomic E-state index is 12.8. The molecule has 0 aliphatic carbocycles. The number of halogens is 2. The van der Waals surface area contributed by atoms with Gasteiger partial charge in [-0.15, -0.1) is 0 Å². The molecule has 0 saturated heterocycles. The van der Waals surface area contributed by atoms with E-state index in [-0.39, 0.29) is 23.8 Å². The van der Waals surface area contributed by atoms with Gasteiger partial charge < -0.3 is 16.0 Å². The van der Waals surface area contributed by atoms with Crippen LogP contribution in [0.4, 0.5) is 23.1 Å². The number of H-pyrrole nitrogens is 1. The molecule has 2 aromatic carbocycles. The van der Waals surface area contributed by atoms with Crippen molar-refractivity contribution in [3.8, 4) is 0 Å². The predicted molar refractivity (Wildman–Crippen MR) is 118 cm³/mol. The van der Waals surface area contributed by atoms with Crippen molar-refractivity contribution in [2.75, 3.05) is 16.0 Å². The summed E-state index contributed by atoms with van der Waals surface area (Å²) in [5.41, 5.74) is 0.762. The summed E-state index contributed by atoms with van der Waals surface area (Å²) in [5, 5.41) is 8.75. The molecule has 1 aromatic heterocycles. The highest BCUT2D eigenvalue weighted by atomic mass is 79.9. The first kappa shape index (κ1) is 20.1. The van der Waals surface area contributed by atoms with Gasteiger partial charge in [0.05, 0.1) is 11.5 Å². The van der Waals surface area contributed by atoms with Crippen LogP contribution in [0.5, 0.6) is 0 Å². The lowest BCUT2D eigenvalue weighted by molar-refractivity contribution is -0.123. The summed E-state index contributed by atoms with van der Waals surface area (Å²) in [5.74, 6) is -1.65. The molecule has 1 aliphatic heterocycles. The van der Waals surface area contributed by atoms with Crippen molar-refractivity contribution in [3.63, 3.8) is 0 Å². The third-order valence-electron chi connectivity index (χ3n) is 4.47. The lowest BCUT2D eigenvalue weighted by Crippen LogP contribution is -2.36. The molecule has 152 valence electrons. The van der Waals surface area contributed by atoms with E-state index in [1.807, 2.05) is 0 Å². The van der Waals surface area contributed by atoms with Crippen molar-refractivity contribution in [1.82, 2.24) is 9.97 Å². The van der Waals surface area contributed by atoms with E-state index in [1.54, 1.807) is 48.5 Å². The van der Waals surface area contributed by atoms with Gasteiger partial charge in [0.1, 0.15) is 5.82 Å². The number of benzene rings is 2. The first-order valence-electron chi connectivity index (χ1n) is 8.92. The van der Waals surface area contributed by atoms with E-state index in [1.165, 1.54) is 0 Å². The number of carbonyl (C=O) groups is 2. The van der Waals surface area contributed by atoms with E-state index in [2.05, 4.69) is 41.8 Å². The minimum atomic E-state index is -0.964. The van der Waals surface area contributed by atoms with Crippen LogP contribution in [0.1, 0.15) is 17.9 Å².